The van der Waals surface area contributed by atoms with Crippen LogP contribution in [0, 0.1) is 6.92 Å². The molecule has 4 heteroatoms. The molecule has 0 N–H and O–H groups in total. The highest BCUT2D eigenvalue weighted by Gasteiger charge is 2.16. The first-order valence-corrected chi connectivity index (χ1v) is 5.31. The number of ketones is 1. The van der Waals surface area contributed by atoms with E-state index in [0.29, 0.717) is 17.0 Å². The van der Waals surface area contributed by atoms with Gasteiger partial charge in [0.25, 0.3) is 0 Å². The largest absolute Gasteiger partial charge is 0.496 e. The van der Waals surface area contributed by atoms with Gasteiger partial charge in [-0.15, -0.1) is 0 Å². The van der Waals surface area contributed by atoms with Gasteiger partial charge in [-0.2, -0.15) is 5.10 Å². The summed E-state index contributed by atoms with van der Waals surface area (Å²) in [6, 6.07) is 7.22. The molecule has 1 aromatic heterocycles. The predicted molar refractivity (Wildman–Crippen MR) is 64.4 cm³/mol. The predicted octanol–water partition coefficient (Wildman–Crippen LogP) is 1.97. The van der Waals surface area contributed by atoms with Crippen LogP contribution >= 0.6 is 0 Å². The Morgan fingerprint density at radius 1 is 1.35 bits per heavy atom. The van der Waals surface area contributed by atoms with Gasteiger partial charge in [0.15, 0.2) is 0 Å². The number of hydrogen-bond acceptors (Lipinski definition) is 3. The van der Waals surface area contributed by atoms with Crippen LogP contribution in [0.4, 0.5) is 0 Å². The van der Waals surface area contributed by atoms with Crippen LogP contribution in [0.5, 0.6) is 5.75 Å². The normalized spacial score (nSPS) is 10.3. The van der Waals surface area contributed by atoms with Crippen LogP contribution < -0.4 is 4.74 Å². The van der Waals surface area contributed by atoms with E-state index in [1.54, 1.807) is 37.2 Å². The van der Waals surface area contributed by atoms with Crippen LogP contribution in [-0.4, -0.2) is 22.7 Å². The van der Waals surface area contributed by atoms with Crippen molar-refractivity contribution in [3.8, 4) is 5.75 Å². The summed E-state index contributed by atoms with van der Waals surface area (Å²) in [5.74, 6) is 0.456. The van der Waals surface area contributed by atoms with Gasteiger partial charge >= 0.3 is 0 Å². The van der Waals surface area contributed by atoms with Gasteiger partial charge in [-0.1, -0.05) is 11.6 Å². The lowest BCUT2D eigenvalue weighted by molar-refractivity contribution is 0.103. The Balaban J connectivity index is 2.46. The molecule has 1 aromatic carbocycles. The second-order valence-corrected chi connectivity index (χ2v) is 3.91. The molecule has 88 valence electrons. The van der Waals surface area contributed by atoms with Gasteiger partial charge in [0.1, 0.15) is 11.4 Å². The van der Waals surface area contributed by atoms with Crippen molar-refractivity contribution in [2.24, 2.45) is 7.05 Å². The smallest absolute Gasteiger partial charge is 0.216 e. The van der Waals surface area contributed by atoms with Crippen molar-refractivity contribution in [3.05, 3.63) is 47.3 Å². The maximum atomic E-state index is 12.2. The van der Waals surface area contributed by atoms with Gasteiger partial charge in [0.05, 0.1) is 12.7 Å². The van der Waals surface area contributed by atoms with E-state index in [1.165, 1.54) is 0 Å². The number of benzene rings is 1. The maximum absolute atomic E-state index is 12.2. The van der Waals surface area contributed by atoms with Crippen molar-refractivity contribution in [2.75, 3.05) is 7.11 Å². The minimum Gasteiger partial charge on any atom is -0.496 e. The first kappa shape index (κ1) is 11.4. The lowest BCUT2D eigenvalue weighted by atomic mass is 10.0. The fourth-order valence-corrected chi connectivity index (χ4v) is 1.67. The zero-order valence-electron chi connectivity index (χ0n) is 10.1. The van der Waals surface area contributed by atoms with Crippen molar-refractivity contribution in [1.82, 2.24) is 9.78 Å². The lowest BCUT2D eigenvalue weighted by Crippen LogP contribution is -2.06. The third kappa shape index (κ3) is 2.20. The van der Waals surface area contributed by atoms with Gasteiger partial charge in [-0.3, -0.25) is 9.48 Å². The van der Waals surface area contributed by atoms with Crippen LogP contribution in [-0.2, 0) is 7.05 Å². The number of carbonyl (C=O) groups is 1. The summed E-state index contributed by atoms with van der Waals surface area (Å²) in [5.41, 5.74) is 1.99. The first-order valence-electron chi connectivity index (χ1n) is 5.31. The molecule has 2 rings (SSSR count). The average Bonchev–Trinajstić information content (AvgIpc) is 2.75. The number of carbonyl (C=O) groups excluding carboxylic acids is 1. The number of ether oxygens (including phenoxy) is 1. The highest BCUT2D eigenvalue weighted by Crippen LogP contribution is 2.22. The Kier molecular flexibility index (Phi) is 2.95. The number of aromatic nitrogens is 2. The third-order valence-corrected chi connectivity index (χ3v) is 2.55. The van der Waals surface area contributed by atoms with Crippen LogP contribution in [0.25, 0.3) is 0 Å². The molecule has 0 radical (unpaired) electrons. The molecule has 0 aliphatic rings. The number of aryl methyl sites for hydroxylation is 2. The first-order chi connectivity index (χ1) is 8.11. The quantitative estimate of drug-likeness (QED) is 0.757. The number of rotatable bonds is 3. The summed E-state index contributed by atoms with van der Waals surface area (Å²) < 4.78 is 6.80. The van der Waals surface area contributed by atoms with Crippen molar-refractivity contribution >= 4 is 5.78 Å². The Morgan fingerprint density at radius 3 is 2.71 bits per heavy atom. The molecule has 0 amide bonds. The third-order valence-electron chi connectivity index (χ3n) is 2.55. The SMILES string of the molecule is COc1ccc(C)cc1C(=O)c1ccn(C)n1. The number of methoxy groups -OCH3 is 1. The molecule has 0 atom stereocenters. The minimum absolute atomic E-state index is 0.119. The molecule has 0 saturated heterocycles. The van der Waals surface area contributed by atoms with Crippen molar-refractivity contribution < 1.29 is 9.53 Å². The molecule has 1 heterocycles. The van der Waals surface area contributed by atoms with Gasteiger partial charge in [-0.25, -0.2) is 0 Å². The highest BCUT2D eigenvalue weighted by molar-refractivity contribution is 6.09. The Bertz CT molecular complexity index is 558. The van der Waals surface area contributed by atoms with E-state index in [2.05, 4.69) is 5.10 Å². The molecule has 0 saturated carbocycles. The molecule has 4 nitrogen and oxygen atoms in total. The molecular weight excluding hydrogens is 216 g/mol. The van der Waals surface area contributed by atoms with Crippen molar-refractivity contribution in [3.63, 3.8) is 0 Å². The maximum Gasteiger partial charge on any atom is 0.216 e. The summed E-state index contributed by atoms with van der Waals surface area (Å²) in [5, 5.41) is 4.10. The molecule has 0 fully saturated rings. The summed E-state index contributed by atoms with van der Waals surface area (Å²) in [6.45, 7) is 1.94. The Labute approximate surface area is 99.8 Å². The van der Waals surface area contributed by atoms with E-state index in [9.17, 15) is 4.79 Å². The molecular formula is C13H14N2O2. The zero-order chi connectivity index (χ0) is 12.4. The molecule has 0 spiro atoms. The molecule has 0 aliphatic carbocycles. The van der Waals surface area contributed by atoms with Crippen LogP contribution in [0.3, 0.4) is 0 Å². The van der Waals surface area contributed by atoms with Crippen LogP contribution in [0.15, 0.2) is 30.5 Å². The van der Waals surface area contributed by atoms with Crippen molar-refractivity contribution in [2.45, 2.75) is 6.92 Å². The topological polar surface area (TPSA) is 44.1 Å². The van der Waals surface area contributed by atoms with Gasteiger partial charge in [0.2, 0.25) is 5.78 Å². The summed E-state index contributed by atoms with van der Waals surface area (Å²) in [4.78, 5) is 12.2. The molecule has 2 aromatic rings. The molecule has 0 bridgehead atoms. The number of hydrogen-bond donors (Lipinski definition) is 0. The lowest BCUT2D eigenvalue weighted by Gasteiger charge is -2.07. The van der Waals surface area contributed by atoms with Gasteiger partial charge in [0, 0.05) is 13.2 Å². The Hall–Kier alpha value is -2.10. The minimum atomic E-state index is -0.119. The van der Waals surface area contributed by atoms with E-state index in [0.717, 1.165) is 5.56 Å². The van der Waals surface area contributed by atoms with E-state index in [4.69, 9.17) is 4.74 Å². The fraction of sp³-hybridized carbons (Fsp3) is 0.231. The van der Waals surface area contributed by atoms with Gasteiger partial charge < -0.3 is 4.74 Å². The summed E-state index contributed by atoms with van der Waals surface area (Å²) in [7, 11) is 3.34. The molecule has 0 aliphatic heterocycles. The van der Waals surface area contributed by atoms with Crippen LogP contribution in [0.2, 0.25) is 0 Å². The van der Waals surface area contributed by atoms with Crippen LogP contribution in [0.1, 0.15) is 21.6 Å². The van der Waals surface area contributed by atoms with E-state index >= 15 is 0 Å². The second-order valence-electron chi connectivity index (χ2n) is 3.91. The highest BCUT2D eigenvalue weighted by atomic mass is 16.5. The van der Waals surface area contributed by atoms with E-state index < -0.39 is 0 Å². The monoisotopic (exact) mass is 230 g/mol. The Morgan fingerprint density at radius 2 is 2.12 bits per heavy atom. The molecule has 0 unspecified atom stereocenters. The fourth-order valence-electron chi connectivity index (χ4n) is 1.67. The van der Waals surface area contributed by atoms with E-state index in [1.807, 2.05) is 19.1 Å². The summed E-state index contributed by atoms with van der Waals surface area (Å²) in [6.07, 6.45) is 1.75. The van der Waals surface area contributed by atoms with Crippen molar-refractivity contribution in [1.29, 1.82) is 0 Å². The average molecular weight is 230 g/mol. The van der Waals surface area contributed by atoms with Gasteiger partial charge in [-0.05, 0) is 25.1 Å². The molecule has 17 heavy (non-hydrogen) atoms. The number of nitrogens with zero attached hydrogens (tertiary/aromatic N) is 2. The summed E-state index contributed by atoms with van der Waals surface area (Å²) >= 11 is 0. The van der Waals surface area contributed by atoms with E-state index in [-0.39, 0.29) is 5.78 Å². The zero-order valence-corrected chi connectivity index (χ0v) is 10.1. The standard InChI is InChI=1S/C13H14N2O2/c1-9-4-5-12(17-3)10(8-9)13(16)11-6-7-15(2)14-11/h4-8H,1-3H3. The second kappa shape index (κ2) is 4.41.